The average Bonchev–Trinajstić information content (AvgIpc) is 2.84. The number of nitrogens with zero attached hydrogens (tertiary/aromatic N) is 3. The number of ether oxygens (including phenoxy) is 1. The summed E-state index contributed by atoms with van der Waals surface area (Å²) in [6, 6.07) is 4.72. The normalized spacial score (nSPS) is 18.4. The van der Waals surface area contributed by atoms with Gasteiger partial charge < -0.3 is 9.84 Å². The lowest BCUT2D eigenvalue weighted by Crippen LogP contribution is -2.06. The van der Waals surface area contributed by atoms with Crippen molar-refractivity contribution in [3.8, 4) is 11.7 Å². The van der Waals surface area contributed by atoms with Gasteiger partial charge in [0.1, 0.15) is 5.15 Å². The van der Waals surface area contributed by atoms with Crippen molar-refractivity contribution in [3.63, 3.8) is 0 Å². The standard InChI is InChI=1S/C17H20ClN3O3/c1-16(2)11(17(16,3)4)9-24-13-7-8-21(20-13)12-6-5-10(15(22)23)14(18)19-12/h5-8,11H,9H2,1-4H3,(H,22,23). The molecule has 3 rings (SSSR count). The molecule has 24 heavy (non-hydrogen) atoms. The van der Waals surface area contributed by atoms with Gasteiger partial charge in [0.15, 0.2) is 5.82 Å². The van der Waals surface area contributed by atoms with Crippen LogP contribution in [0.1, 0.15) is 38.1 Å². The average molecular weight is 350 g/mol. The first-order chi connectivity index (χ1) is 11.1. The summed E-state index contributed by atoms with van der Waals surface area (Å²) in [5, 5.41) is 13.2. The van der Waals surface area contributed by atoms with Crippen LogP contribution < -0.4 is 4.74 Å². The highest BCUT2D eigenvalue weighted by molar-refractivity contribution is 6.32. The second-order valence-electron chi connectivity index (χ2n) is 7.22. The summed E-state index contributed by atoms with van der Waals surface area (Å²) in [6.07, 6.45) is 1.71. The Balaban J connectivity index is 1.70. The van der Waals surface area contributed by atoms with Gasteiger partial charge in [-0.2, -0.15) is 0 Å². The van der Waals surface area contributed by atoms with Crippen LogP contribution in [0.25, 0.3) is 5.82 Å². The van der Waals surface area contributed by atoms with E-state index in [-0.39, 0.29) is 21.5 Å². The molecule has 1 aliphatic carbocycles. The molecule has 1 aliphatic rings. The topological polar surface area (TPSA) is 77.2 Å². The third kappa shape index (κ3) is 2.65. The number of carboxylic acids is 1. The van der Waals surface area contributed by atoms with Crippen LogP contribution in [-0.2, 0) is 0 Å². The molecule has 0 aromatic carbocycles. The number of aromatic nitrogens is 3. The second-order valence-corrected chi connectivity index (χ2v) is 7.58. The van der Waals surface area contributed by atoms with Crippen LogP contribution in [0.4, 0.5) is 0 Å². The molecule has 0 atom stereocenters. The first-order valence-corrected chi connectivity index (χ1v) is 8.11. The molecular formula is C17H20ClN3O3. The maximum atomic E-state index is 11.0. The summed E-state index contributed by atoms with van der Waals surface area (Å²) in [5.74, 6) is 0.316. The van der Waals surface area contributed by atoms with Crippen molar-refractivity contribution >= 4 is 17.6 Å². The fourth-order valence-electron chi connectivity index (χ4n) is 3.14. The highest BCUT2D eigenvalue weighted by Crippen LogP contribution is 2.68. The van der Waals surface area contributed by atoms with E-state index in [0.29, 0.717) is 24.2 Å². The fraction of sp³-hybridized carbons (Fsp3) is 0.471. The van der Waals surface area contributed by atoms with E-state index in [9.17, 15) is 4.79 Å². The number of hydrogen-bond donors (Lipinski definition) is 1. The van der Waals surface area contributed by atoms with E-state index in [2.05, 4.69) is 37.8 Å². The van der Waals surface area contributed by atoms with Crippen molar-refractivity contribution in [2.24, 2.45) is 16.7 Å². The first kappa shape index (κ1) is 16.8. The van der Waals surface area contributed by atoms with E-state index in [1.165, 1.54) is 10.7 Å². The molecule has 2 heterocycles. The lowest BCUT2D eigenvalue weighted by molar-refractivity contribution is 0.0696. The molecule has 0 unspecified atom stereocenters. The Labute approximate surface area is 145 Å². The van der Waals surface area contributed by atoms with Crippen LogP contribution in [-0.4, -0.2) is 32.4 Å². The Hall–Kier alpha value is -2.08. The van der Waals surface area contributed by atoms with Gasteiger partial charge in [-0.1, -0.05) is 39.3 Å². The highest BCUT2D eigenvalue weighted by Gasteiger charge is 2.64. The summed E-state index contributed by atoms with van der Waals surface area (Å²) in [7, 11) is 0. The van der Waals surface area contributed by atoms with Crippen LogP contribution in [0.2, 0.25) is 5.15 Å². The zero-order valence-corrected chi connectivity index (χ0v) is 14.8. The molecule has 0 amide bonds. The molecule has 2 aromatic heterocycles. The molecule has 0 bridgehead atoms. The van der Waals surface area contributed by atoms with E-state index in [0.717, 1.165) is 0 Å². The van der Waals surface area contributed by atoms with Gasteiger partial charge in [-0.05, 0) is 23.0 Å². The van der Waals surface area contributed by atoms with Crippen molar-refractivity contribution in [2.45, 2.75) is 27.7 Å². The SMILES string of the molecule is CC1(C)C(COc2ccn(-c3ccc(C(=O)O)c(Cl)n3)n2)C1(C)C. The van der Waals surface area contributed by atoms with Crippen LogP contribution in [0.5, 0.6) is 5.88 Å². The molecule has 1 N–H and O–H groups in total. The van der Waals surface area contributed by atoms with E-state index < -0.39 is 5.97 Å². The predicted octanol–water partition coefficient (Wildman–Crippen LogP) is 3.68. The van der Waals surface area contributed by atoms with Gasteiger partial charge in [-0.25, -0.2) is 14.5 Å². The van der Waals surface area contributed by atoms with Crippen molar-refractivity contribution in [2.75, 3.05) is 6.61 Å². The predicted molar refractivity (Wildman–Crippen MR) is 89.9 cm³/mol. The second kappa shape index (κ2) is 5.48. The number of halogens is 1. The van der Waals surface area contributed by atoms with Gasteiger partial charge in [-0.15, -0.1) is 5.10 Å². The molecule has 1 fully saturated rings. The Morgan fingerprint density at radius 2 is 1.96 bits per heavy atom. The Kier molecular flexibility index (Phi) is 3.83. The van der Waals surface area contributed by atoms with Gasteiger partial charge in [0.25, 0.3) is 0 Å². The van der Waals surface area contributed by atoms with Crippen molar-refractivity contribution in [3.05, 3.63) is 35.1 Å². The number of carboxylic acid groups (broad SMARTS) is 1. The van der Waals surface area contributed by atoms with Gasteiger partial charge >= 0.3 is 5.97 Å². The van der Waals surface area contributed by atoms with Gasteiger partial charge in [0, 0.05) is 18.2 Å². The van der Waals surface area contributed by atoms with E-state index >= 15 is 0 Å². The fourth-order valence-corrected chi connectivity index (χ4v) is 3.37. The zero-order chi connectivity index (χ0) is 17.7. The number of rotatable bonds is 5. The van der Waals surface area contributed by atoms with Gasteiger partial charge in [0.05, 0.1) is 12.2 Å². The maximum absolute atomic E-state index is 11.0. The molecule has 2 aromatic rings. The minimum absolute atomic E-state index is 0.0396. The molecule has 128 valence electrons. The number of hydrogen-bond acceptors (Lipinski definition) is 4. The molecule has 0 spiro atoms. The number of pyridine rings is 1. The molecule has 6 nitrogen and oxygen atoms in total. The molecular weight excluding hydrogens is 330 g/mol. The van der Waals surface area contributed by atoms with Gasteiger partial charge in [-0.3, -0.25) is 0 Å². The van der Waals surface area contributed by atoms with Crippen molar-refractivity contribution in [1.82, 2.24) is 14.8 Å². The smallest absolute Gasteiger partial charge is 0.338 e. The number of aromatic carboxylic acids is 1. The van der Waals surface area contributed by atoms with Gasteiger partial charge in [0.2, 0.25) is 5.88 Å². The summed E-state index contributed by atoms with van der Waals surface area (Å²) in [4.78, 5) is 15.0. The van der Waals surface area contributed by atoms with Crippen LogP contribution in [0, 0.1) is 16.7 Å². The Morgan fingerprint density at radius 1 is 1.29 bits per heavy atom. The van der Waals surface area contributed by atoms with E-state index in [1.807, 2.05) is 0 Å². The van der Waals surface area contributed by atoms with Crippen molar-refractivity contribution in [1.29, 1.82) is 0 Å². The molecule has 7 heteroatoms. The molecule has 0 aliphatic heterocycles. The third-order valence-electron chi connectivity index (χ3n) is 5.58. The third-order valence-corrected chi connectivity index (χ3v) is 5.87. The Morgan fingerprint density at radius 3 is 2.50 bits per heavy atom. The Bertz CT molecular complexity index is 784. The van der Waals surface area contributed by atoms with Crippen molar-refractivity contribution < 1.29 is 14.6 Å². The molecule has 0 radical (unpaired) electrons. The molecule has 0 saturated heterocycles. The minimum Gasteiger partial charge on any atom is -0.478 e. The summed E-state index contributed by atoms with van der Waals surface area (Å²) >= 11 is 5.89. The highest BCUT2D eigenvalue weighted by atomic mass is 35.5. The first-order valence-electron chi connectivity index (χ1n) is 7.73. The van der Waals surface area contributed by atoms with Crippen LogP contribution in [0.15, 0.2) is 24.4 Å². The van der Waals surface area contributed by atoms with E-state index in [1.54, 1.807) is 18.3 Å². The quantitative estimate of drug-likeness (QED) is 0.833. The summed E-state index contributed by atoms with van der Waals surface area (Å²) < 4.78 is 7.32. The maximum Gasteiger partial charge on any atom is 0.338 e. The van der Waals surface area contributed by atoms with E-state index in [4.69, 9.17) is 21.4 Å². The summed E-state index contributed by atoms with van der Waals surface area (Å²) in [6.45, 7) is 9.60. The zero-order valence-electron chi connectivity index (χ0n) is 14.1. The largest absolute Gasteiger partial charge is 0.478 e. The lowest BCUT2D eigenvalue weighted by atomic mass is 10.0. The minimum atomic E-state index is -1.11. The number of carbonyl (C=O) groups is 1. The molecule has 1 saturated carbocycles. The lowest BCUT2D eigenvalue weighted by Gasteiger charge is -2.05. The van der Waals surface area contributed by atoms with Crippen LogP contribution >= 0.6 is 11.6 Å². The monoisotopic (exact) mass is 349 g/mol. The van der Waals surface area contributed by atoms with Crippen LogP contribution in [0.3, 0.4) is 0 Å². The summed E-state index contributed by atoms with van der Waals surface area (Å²) in [5.41, 5.74) is 0.483.